The minimum absolute atomic E-state index is 0. The van der Waals surface area contributed by atoms with Crippen LogP contribution >= 0.6 is 23.7 Å². The lowest BCUT2D eigenvalue weighted by Crippen LogP contribution is -2.37. The average Bonchev–Trinajstić information content (AvgIpc) is 2.81. The Bertz CT molecular complexity index is 426. The quantitative estimate of drug-likeness (QED) is 0.890. The van der Waals surface area contributed by atoms with Crippen molar-refractivity contribution in [3.05, 3.63) is 15.6 Å². The average molecular weight is 294 g/mol. The molecule has 0 spiro atoms. The molecule has 1 amide bonds. The molecule has 2 atom stereocenters. The molecule has 2 N–H and O–H groups in total. The second-order valence-corrected chi connectivity index (χ2v) is 5.50. The first-order valence-corrected chi connectivity index (χ1v) is 6.47. The van der Waals surface area contributed by atoms with Crippen molar-refractivity contribution in [2.75, 3.05) is 13.1 Å². The number of halogens is 2. The Morgan fingerprint density at radius 2 is 2.33 bits per heavy atom. The van der Waals surface area contributed by atoms with Crippen molar-refractivity contribution in [3.63, 3.8) is 0 Å². The lowest BCUT2D eigenvalue weighted by Gasteiger charge is -2.10. The summed E-state index contributed by atoms with van der Waals surface area (Å²) in [5.41, 5.74) is 0.757. The van der Waals surface area contributed by atoms with Crippen molar-refractivity contribution >= 4 is 29.7 Å². The van der Waals surface area contributed by atoms with Crippen LogP contribution in [-0.2, 0) is 0 Å². The lowest BCUT2D eigenvalue weighted by atomic mass is 10.2. The van der Waals surface area contributed by atoms with E-state index in [1.165, 1.54) is 11.3 Å². The largest absolute Gasteiger partial charge is 0.350 e. The molecule has 1 aromatic heterocycles. The van der Waals surface area contributed by atoms with Gasteiger partial charge in [0.05, 0.1) is 10.7 Å². The van der Waals surface area contributed by atoms with Crippen molar-refractivity contribution in [2.45, 2.75) is 32.5 Å². The van der Waals surface area contributed by atoms with Crippen molar-refractivity contribution in [1.82, 2.24) is 15.6 Å². The summed E-state index contributed by atoms with van der Waals surface area (Å²) >= 11 is 1.39. The number of thiazole rings is 1. The van der Waals surface area contributed by atoms with E-state index in [0.717, 1.165) is 10.7 Å². The normalized spacial score (nSPS) is 22.6. The van der Waals surface area contributed by atoms with Gasteiger partial charge in [0.25, 0.3) is 5.91 Å². The number of carbonyl (C=O) groups is 1. The highest BCUT2D eigenvalue weighted by atomic mass is 35.5. The van der Waals surface area contributed by atoms with E-state index >= 15 is 0 Å². The maximum Gasteiger partial charge on any atom is 0.263 e. The van der Waals surface area contributed by atoms with Gasteiger partial charge in [0.2, 0.25) is 0 Å². The van der Waals surface area contributed by atoms with Gasteiger partial charge in [-0.3, -0.25) is 4.79 Å². The van der Waals surface area contributed by atoms with E-state index in [1.54, 1.807) is 0 Å². The van der Waals surface area contributed by atoms with Gasteiger partial charge in [0.15, 0.2) is 0 Å². The molecule has 0 saturated carbocycles. The molecule has 0 aromatic carbocycles. The molecule has 102 valence electrons. The minimum atomic E-state index is -0.788. The summed E-state index contributed by atoms with van der Waals surface area (Å²) in [7, 11) is 0. The molecule has 1 aliphatic heterocycles. The maximum absolute atomic E-state index is 12.9. The molecule has 1 aromatic rings. The summed E-state index contributed by atoms with van der Waals surface area (Å²) in [6.45, 7) is 4.55. The third-order valence-electron chi connectivity index (χ3n) is 2.79. The summed E-state index contributed by atoms with van der Waals surface area (Å²) in [5.74, 6) is -0.114. The molecule has 0 unspecified atom stereocenters. The fourth-order valence-corrected chi connectivity index (χ4v) is 2.80. The van der Waals surface area contributed by atoms with Gasteiger partial charge >= 0.3 is 0 Å². The molecule has 1 saturated heterocycles. The Hall–Kier alpha value is -0.720. The zero-order valence-electron chi connectivity index (χ0n) is 10.3. The van der Waals surface area contributed by atoms with Gasteiger partial charge in [-0.25, -0.2) is 9.37 Å². The van der Waals surface area contributed by atoms with Gasteiger partial charge in [-0.2, -0.15) is 0 Å². The van der Waals surface area contributed by atoms with E-state index in [0.29, 0.717) is 24.4 Å². The van der Waals surface area contributed by atoms with Crippen LogP contribution in [0.3, 0.4) is 0 Å². The minimum Gasteiger partial charge on any atom is -0.350 e. The molecule has 4 nitrogen and oxygen atoms in total. The number of aryl methyl sites for hydroxylation is 2. The molecule has 18 heavy (non-hydrogen) atoms. The number of hydrogen-bond donors (Lipinski definition) is 2. The number of alkyl halides is 1. The Labute approximate surface area is 116 Å². The highest BCUT2D eigenvalue weighted by molar-refractivity contribution is 7.13. The number of nitrogens with zero attached hydrogens (tertiary/aromatic N) is 1. The van der Waals surface area contributed by atoms with Gasteiger partial charge in [0.1, 0.15) is 11.0 Å². The fraction of sp³-hybridized carbons (Fsp3) is 0.636. The zero-order chi connectivity index (χ0) is 12.4. The molecule has 0 aliphatic carbocycles. The number of hydrogen-bond acceptors (Lipinski definition) is 4. The summed E-state index contributed by atoms with van der Waals surface area (Å²) in [4.78, 5) is 16.7. The van der Waals surface area contributed by atoms with Crippen molar-refractivity contribution in [1.29, 1.82) is 0 Å². The van der Waals surface area contributed by atoms with Crippen LogP contribution in [0, 0.1) is 13.8 Å². The molecule has 2 rings (SSSR count). The van der Waals surface area contributed by atoms with Gasteiger partial charge < -0.3 is 10.6 Å². The molecular weight excluding hydrogens is 277 g/mol. The Morgan fingerprint density at radius 3 is 2.83 bits per heavy atom. The van der Waals surface area contributed by atoms with Gasteiger partial charge in [-0.15, -0.1) is 23.7 Å². The van der Waals surface area contributed by atoms with E-state index in [2.05, 4.69) is 15.6 Å². The smallest absolute Gasteiger partial charge is 0.263 e. The van der Waals surface area contributed by atoms with Crippen LogP contribution in [0.4, 0.5) is 4.39 Å². The number of amides is 1. The number of aromatic nitrogens is 1. The van der Waals surface area contributed by atoms with Crippen molar-refractivity contribution < 1.29 is 9.18 Å². The van der Waals surface area contributed by atoms with Gasteiger partial charge in [-0.1, -0.05) is 0 Å². The molecule has 0 radical (unpaired) electrons. The van der Waals surface area contributed by atoms with Crippen molar-refractivity contribution in [2.24, 2.45) is 0 Å². The van der Waals surface area contributed by atoms with Crippen LogP contribution in [0.25, 0.3) is 0 Å². The van der Waals surface area contributed by atoms with Crippen LogP contribution in [0.5, 0.6) is 0 Å². The second-order valence-electron chi connectivity index (χ2n) is 4.30. The molecule has 1 fully saturated rings. The van der Waals surface area contributed by atoms with Gasteiger partial charge in [0, 0.05) is 19.1 Å². The summed E-state index contributed by atoms with van der Waals surface area (Å²) in [5, 5.41) is 6.73. The highest BCUT2D eigenvalue weighted by Crippen LogP contribution is 2.17. The SMILES string of the molecule is Cc1nc(C)c(C(=O)NC[C@@H]2C[C@H](F)CN2)s1.Cl. The first-order chi connectivity index (χ1) is 8.06. The third kappa shape index (κ3) is 3.63. The highest BCUT2D eigenvalue weighted by Gasteiger charge is 2.24. The lowest BCUT2D eigenvalue weighted by molar-refractivity contribution is 0.0953. The van der Waals surface area contributed by atoms with E-state index < -0.39 is 6.17 Å². The molecule has 1 aliphatic rings. The number of carbonyl (C=O) groups excluding carboxylic acids is 1. The number of nitrogens with one attached hydrogen (secondary N) is 2. The Balaban J connectivity index is 0.00000162. The van der Waals surface area contributed by atoms with E-state index in [1.807, 2.05) is 13.8 Å². The summed E-state index contributed by atoms with van der Waals surface area (Å²) in [6, 6.07) is 0.0447. The standard InChI is InChI=1S/C11H16FN3OS.ClH/c1-6-10(17-7(2)15-6)11(16)14-5-9-3-8(12)4-13-9;/h8-9,13H,3-5H2,1-2H3,(H,14,16);1H/t8-,9-;/m0./s1. The molecule has 0 bridgehead atoms. The summed E-state index contributed by atoms with van der Waals surface area (Å²) in [6.07, 6.45) is -0.315. The first kappa shape index (κ1) is 15.3. The Kier molecular flexibility index (Phi) is 5.49. The first-order valence-electron chi connectivity index (χ1n) is 5.66. The zero-order valence-corrected chi connectivity index (χ0v) is 12.0. The van der Waals surface area contributed by atoms with Crippen LogP contribution < -0.4 is 10.6 Å². The second kappa shape index (κ2) is 6.45. The van der Waals surface area contributed by atoms with Crippen LogP contribution in [0.15, 0.2) is 0 Å². The fourth-order valence-electron chi connectivity index (χ4n) is 1.96. The maximum atomic E-state index is 12.9. The van der Waals surface area contributed by atoms with E-state index in [9.17, 15) is 9.18 Å². The van der Waals surface area contributed by atoms with Crippen LogP contribution in [0.1, 0.15) is 26.8 Å². The molecule has 7 heteroatoms. The third-order valence-corrected chi connectivity index (χ3v) is 3.86. The van der Waals surface area contributed by atoms with Crippen LogP contribution in [-0.4, -0.2) is 36.2 Å². The Morgan fingerprint density at radius 1 is 1.61 bits per heavy atom. The predicted molar refractivity (Wildman–Crippen MR) is 72.5 cm³/mol. The predicted octanol–water partition coefficient (Wildman–Crippen LogP) is 1.61. The topological polar surface area (TPSA) is 54.0 Å². The van der Waals surface area contributed by atoms with Crippen LogP contribution in [0.2, 0.25) is 0 Å². The summed E-state index contributed by atoms with van der Waals surface area (Å²) < 4.78 is 12.9. The van der Waals surface area contributed by atoms with Crippen molar-refractivity contribution in [3.8, 4) is 0 Å². The molecular formula is C11H17ClFN3OS. The van der Waals surface area contributed by atoms with E-state index in [4.69, 9.17) is 0 Å². The number of rotatable bonds is 3. The molecule has 2 heterocycles. The van der Waals surface area contributed by atoms with E-state index in [-0.39, 0.29) is 24.4 Å². The van der Waals surface area contributed by atoms with Gasteiger partial charge in [-0.05, 0) is 20.3 Å². The monoisotopic (exact) mass is 293 g/mol.